The molecular formula is C63H45NS. The second-order valence-corrected chi connectivity index (χ2v) is 18.7. The number of benzene rings is 10. The van der Waals surface area contributed by atoms with Crippen LogP contribution in [0.2, 0.25) is 0 Å². The van der Waals surface area contributed by atoms with Gasteiger partial charge in [-0.1, -0.05) is 196 Å². The summed E-state index contributed by atoms with van der Waals surface area (Å²) < 4.78 is 2.63. The maximum atomic E-state index is 2.39. The zero-order chi connectivity index (χ0) is 43.5. The third-order valence-electron chi connectivity index (χ3n) is 13.5. The number of hydrogen-bond donors (Lipinski definition) is 0. The van der Waals surface area contributed by atoms with Gasteiger partial charge >= 0.3 is 0 Å². The Bertz CT molecular complexity index is 3540. The van der Waals surface area contributed by atoms with Gasteiger partial charge in [0.05, 0.1) is 0 Å². The zero-order valence-corrected chi connectivity index (χ0v) is 37.2. The van der Waals surface area contributed by atoms with E-state index in [4.69, 9.17) is 0 Å². The molecule has 0 fully saturated rings. The van der Waals surface area contributed by atoms with E-state index in [0.29, 0.717) is 0 Å². The molecule has 0 amide bonds. The van der Waals surface area contributed by atoms with Crippen molar-refractivity contribution in [2.24, 2.45) is 0 Å². The van der Waals surface area contributed by atoms with Gasteiger partial charge < -0.3 is 4.90 Å². The SMILES string of the molecule is CC1(C)c2ccccc2-c2cc(-c3ccc(N(c4ccc(-c5ccccc5)cc4)c4cccc(-c5cccc(-c6cccc7sc8c(-c9ccccc9)cccc8c67)c5)c4)cc3)ccc21. The van der Waals surface area contributed by atoms with Crippen LogP contribution in [0.3, 0.4) is 0 Å². The highest BCUT2D eigenvalue weighted by Crippen LogP contribution is 2.50. The highest BCUT2D eigenvalue weighted by Gasteiger charge is 2.35. The Morgan fingerprint density at radius 1 is 0.323 bits per heavy atom. The molecule has 0 N–H and O–H groups in total. The van der Waals surface area contributed by atoms with Crippen LogP contribution >= 0.6 is 11.3 Å². The summed E-state index contributed by atoms with van der Waals surface area (Å²) in [6, 6.07) is 86.9. The summed E-state index contributed by atoms with van der Waals surface area (Å²) in [6.45, 7) is 4.68. The lowest BCUT2D eigenvalue weighted by Crippen LogP contribution is -2.14. The Labute approximate surface area is 385 Å². The van der Waals surface area contributed by atoms with Crippen molar-refractivity contribution in [1.29, 1.82) is 0 Å². The first-order chi connectivity index (χ1) is 32.0. The van der Waals surface area contributed by atoms with Crippen LogP contribution in [-0.4, -0.2) is 0 Å². The number of nitrogens with zero attached hydrogens (tertiary/aromatic N) is 1. The van der Waals surface area contributed by atoms with Crippen molar-refractivity contribution in [3.63, 3.8) is 0 Å². The predicted octanol–water partition coefficient (Wildman–Crippen LogP) is 18.2. The summed E-state index contributed by atoms with van der Waals surface area (Å²) in [5.74, 6) is 0. The van der Waals surface area contributed by atoms with Crippen LogP contribution < -0.4 is 4.90 Å². The van der Waals surface area contributed by atoms with Crippen molar-refractivity contribution < 1.29 is 0 Å². The minimum absolute atomic E-state index is 0.0130. The molecule has 11 aromatic rings. The van der Waals surface area contributed by atoms with Crippen LogP contribution in [0.25, 0.3) is 86.9 Å². The second kappa shape index (κ2) is 15.8. The number of rotatable bonds is 8. The lowest BCUT2D eigenvalue weighted by Gasteiger charge is -2.26. The van der Waals surface area contributed by atoms with Gasteiger partial charge in [-0.25, -0.2) is 0 Å². The minimum Gasteiger partial charge on any atom is -0.310 e. The first-order valence-electron chi connectivity index (χ1n) is 22.5. The van der Waals surface area contributed by atoms with E-state index < -0.39 is 0 Å². The van der Waals surface area contributed by atoms with Crippen LogP contribution in [0.4, 0.5) is 17.1 Å². The number of hydrogen-bond acceptors (Lipinski definition) is 2. The first-order valence-corrected chi connectivity index (χ1v) is 23.3. The largest absolute Gasteiger partial charge is 0.310 e. The minimum atomic E-state index is -0.0130. The molecule has 0 saturated heterocycles. The molecule has 0 saturated carbocycles. The fourth-order valence-electron chi connectivity index (χ4n) is 10.2. The van der Waals surface area contributed by atoms with E-state index in [1.807, 2.05) is 11.3 Å². The zero-order valence-electron chi connectivity index (χ0n) is 36.4. The average molecular weight is 848 g/mol. The van der Waals surface area contributed by atoms with E-state index in [9.17, 15) is 0 Å². The average Bonchev–Trinajstić information content (AvgIpc) is 3.87. The van der Waals surface area contributed by atoms with Crippen LogP contribution in [-0.2, 0) is 5.41 Å². The normalized spacial score (nSPS) is 12.6. The Kier molecular flexibility index (Phi) is 9.44. The van der Waals surface area contributed by atoms with Crippen molar-refractivity contribution in [2.45, 2.75) is 19.3 Å². The number of anilines is 3. The van der Waals surface area contributed by atoms with Gasteiger partial charge in [-0.15, -0.1) is 11.3 Å². The quantitative estimate of drug-likeness (QED) is 0.147. The third-order valence-corrected chi connectivity index (χ3v) is 14.7. The summed E-state index contributed by atoms with van der Waals surface area (Å²) >= 11 is 1.89. The third kappa shape index (κ3) is 6.77. The van der Waals surface area contributed by atoms with Gasteiger partial charge in [-0.3, -0.25) is 0 Å². The molecule has 0 unspecified atom stereocenters. The van der Waals surface area contributed by atoms with Crippen LogP contribution in [0.15, 0.2) is 237 Å². The highest BCUT2D eigenvalue weighted by atomic mass is 32.1. The van der Waals surface area contributed by atoms with Crippen LogP contribution in [0.5, 0.6) is 0 Å². The lowest BCUT2D eigenvalue weighted by atomic mass is 9.82. The van der Waals surface area contributed by atoms with E-state index in [1.165, 1.54) is 98.1 Å². The lowest BCUT2D eigenvalue weighted by molar-refractivity contribution is 0.660. The molecule has 0 spiro atoms. The smallest absolute Gasteiger partial charge is 0.0467 e. The van der Waals surface area contributed by atoms with Crippen molar-refractivity contribution >= 4 is 48.6 Å². The van der Waals surface area contributed by atoms with Gasteiger partial charge in [-0.2, -0.15) is 0 Å². The highest BCUT2D eigenvalue weighted by molar-refractivity contribution is 7.26. The number of thiophene rings is 1. The molecule has 1 aliphatic carbocycles. The van der Waals surface area contributed by atoms with Crippen molar-refractivity contribution in [3.05, 3.63) is 248 Å². The molecule has 308 valence electrons. The molecule has 1 nitrogen and oxygen atoms in total. The maximum absolute atomic E-state index is 2.39. The molecular weight excluding hydrogens is 803 g/mol. The van der Waals surface area contributed by atoms with Crippen LogP contribution in [0.1, 0.15) is 25.0 Å². The predicted molar refractivity (Wildman–Crippen MR) is 279 cm³/mol. The van der Waals surface area contributed by atoms with Gasteiger partial charge in [0.1, 0.15) is 0 Å². The molecule has 10 aromatic carbocycles. The maximum Gasteiger partial charge on any atom is 0.0467 e. The van der Waals surface area contributed by atoms with Crippen molar-refractivity contribution in [1.82, 2.24) is 0 Å². The summed E-state index contributed by atoms with van der Waals surface area (Å²) in [7, 11) is 0. The van der Waals surface area contributed by atoms with E-state index in [0.717, 1.165) is 17.1 Å². The fourth-order valence-corrected chi connectivity index (χ4v) is 11.5. The van der Waals surface area contributed by atoms with Gasteiger partial charge in [-0.05, 0) is 132 Å². The summed E-state index contributed by atoms with van der Waals surface area (Å²) in [6.07, 6.45) is 0. The molecule has 1 heterocycles. The van der Waals surface area contributed by atoms with Crippen LogP contribution in [0, 0.1) is 0 Å². The van der Waals surface area contributed by atoms with E-state index in [1.54, 1.807) is 0 Å². The van der Waals surface area contributed by atoms with Gasteiger partial charge in [0.25, 0.3) is 0 Å². The van der Waals surface area contributed by atoms with E-state index in [-0.39, 0.29) is 5.41 Å². The molecule has 0 bridgehead atoms. The molecule has 65 heavy (non-hydrogen) atoms. The molecule has 0 aliphatic heterocycles. The van der Waals surface area contributed by atoms with Gasteiger partial charge in [0, 0.05) is 42.6 Å². The molecule has 1 aromatic heterocycles. The Morgan fingerprint density at radius 3 is 1.58 bits per heavy atom. The van der Waals surface area contributed by atoms with Crippen molar-refractivity contribution in [2.75, 3.05) is 4.90 Å². The van der Waals surface area contributed by atoms with Gasteiger partial charge in [0.2, 0.25) is 0 Å². The molecule has 2 heteroatoms. The molecule has 0 radical (unpaired) electrons. The number of fused-ring (bicyclic) bond motifs is 6. The molecule has 12 rings (SSSR count). The first kappa shape index (κ1) is 38.9. The monoisotopic (exact) mass is 847 g/mol. The Balaban J connectivity index is 0.926. The Hall–Kier alpha value is -7.78. The topological polar surface area (TPSA) is 3.24 Å². The fraction of sp³-hybridized carbons (Fsp3) is 0.0476. The summed E-state index contributed by atoms with van der Waals surface area (Å²) in [5.41, 5.74) is 21.0. The van der Waals surface area contributed by atoms with Gasteiger partial charge in [0.15, 0.2) is 0 Å². The molecule has 1 aliphatic rings. The van der Waals surface area contributed by atoms with E-state index in [2.05, 4.69) is 255 Å². The Morgan fingerprint density at radius 2 is 0.831 bits per heavy atom. The summed E-state index contributed by atoms with van der Waals surface area (Å²) in [5, 5.41) is 2.62. The molecule has 0 atom stereocenters. The van der Waals surface area contributed by atoms with E-state index >= 15 is 0 Å². The van der Waals surface area contributed by atoms with Crippen molar-refractivity contribution in [3.8, 4) is 66.8 Å². The summed E-state index contributed by atoms with van der Waals surface area (Å²) in [4.78, 5) is 2.38. The second-order valence-electron chi connectivity index (χ2n) is 17.7. The standard InChI is InChI=1S/C63H45NS/c1-63(2)58-27-10-9-23-55(58)57-41-48(33-38-59(57)63)44-31-36-51(37-32-44)64(50-34-29-43(30-35-50)42-15-5-3-6-16-42)52-22-12-20-47(40-52)46-19-11-21-49(39-46)53-24-14-28-60-61(53)56-26-13-25-54(62(56)65-60)45-17-7-4-8-18-45/h3-41H,1-2H3.